The van der Waals surface area contributed by atoms with Crippen LogP contribution in [0.1, 0.15) is 18.9 Å². The normalized spacial score (nSPS) is 10.6. The Morgan fingerprint density at radius 3 is 2.52 bits per heavy atom. The molecule has 0 unspecified atom stereocenters. The smallest absolute Gasteiger partial charge is 0.301 e. The van der Waals surface area contributed by atoms with Gasteiger partial charge in [0, 0.05) is 6.07 Å². The summed E-state index contributed by atoms with van der Waals surface area (Å²) in [7, 11) is 1.52. The SMILES string of the molecule is CCCOc1ccc(/C=N\Nc2ccc([N+](=O)[O-])cc2[N+](=O)[O-])cc1OC. The van der Waals surface area contributed by atoms with Gasteiger partial charge in [0.15, 0.2) is 11.5 Å². The Hall–Kier alpha value is -3.69. The zero-order chi connectivity index (χ0) is 19.8. The van der Waals surface area contributed by atoms with Crippen molar-refractivity contribution in [2.75, 3.05) is 19.1 Å². The van der Waals surface area contributed by atoms with Crippen LogP contribution >= 0.6 is 0 Å². The summed E-state index contributed by atoms with van der Waals surface area (Å²) in [5.41, 5.74) is 2.43. The Balaban J connectivity index is 2.17. The van der Waals surface area contributed by atoms with Crippen molar-refractivity contribution in [1.82, 2.24) is 0 Å². The number of nitro groups is 2. The molecule has 0 saturated heterocycles. The molecule has 2 rings (SSSR count). The molecule has 0 heterocycles. The van der Waals surface area contributed by atoms with Gasteiger partial charge in [0.2, 0.25) is 0 Å². The third-order valence-corrected chi connectivity index (χ3v) is 3.44. The molecule has 0 amide bonds. The molecule has 1 N–H and O–H groups in total. The van der Waals surface area contributed by atoms with E-state index < -0.39 is 15.5 Å². The minimum absolute atomic E-state index is 0.0386. The second kappa shape index (κ2) is 9.13. The zero-order valence-electron chi connectivity index (χ0n) is 14.7. The summed E-state index contributed by atoms with van der Waals surface area (Å²) in [5, 5.41) is 25.8. The Kier molecular flexibility index (Phi) is 6.64. The number of nitro benzene ring substituents is 2. The molecule has 2 aromatic carbocycles. The van der Waals surface area contributed by atoms with Crippen LogP contribution in [0.2, 0.25) is 0 Å². The molecule has 0 saturated carbocycles. The first-order valence-corrected chi connectivity index (χ1v) is 7.99. The zero-order valence-corrected chi connectivity index (χ0v) is 14.7. The van der Waals surface area contributed by atoms with E-state index in [1.165, 1.54) is 19.4 Å². The molecule has 0 atom stereocenters. The molecule has 142 valence electrons. The lowest BCUT2D eigenvalue weighted by Gasteiger charge is -2.10. The van der Waals surface area contributed by atoms with E-state index in [-0.39, 0.29) is 11.4 Å². The van der Waals surface area contributed by atoms with Gasteiger partial charge in [0.05, 0.1) is 35.8 Å². The predicted octanol–water partition coefficient (Wildman–Crippen LogP) is 3.75. The minimum Gasteiger partial charge on any atom is -0.493 e. The Labute approximate surface area is 154 Å². The average molecular weight is 374 g/mol. The molecule has 0 spiro atoms. The fraction of sp³-hybridized carbons (Fsp3) is 0.235. The number of methoxy groups -OCH3 is 1. The van der Waals surface area contributed by atoms with Gasteiger partial charge < -0.3 is 9.47 Å². The van der Waals surface area contributed by atoms with Gasteiger partial charge in [0.1, 0.15) is 5.69 Å². The summed E-state index contributed by atoms with van der Waals surface area (Å²) >= 11 is 0. The fourth-order valence-electron chi connectivity index (χ4n) is 2.15. The first kappa shape index (κ1) is 19.6. The number of benzene rings is 2. The van der Waals surface area contributed by atoms with E-state index in [1.807, 2.05) is 6.92 Å². The van der Waals surface area contributed by atoms with Crippen molar-refractivity contribution in [3.8, 4) is 11.5 Å². The lowest BCUT2D eigenvalue weighted by Crippen LogP contribution is -2.00. The highest BCUT2D eigenvalue weighted by Crippen LogP contribution is 2.29. The van der Waals surface area contributed by atoms with E-state index >= 15 is 0 Å². The summed E-state index contributed by atoms with van der Waals surface area (Å²) in [6.45, 7) is 2.56. The molecule has 0 aliphatic heterocycles. The standard InChI is InChI=1S/C17H18N4O6/c1-3-8-27-16-7-4-12(9-17(16)26-2)11-18-19-14-6-5-13(20(22)23)10-15(14)21(24)25/h4-7,9-11,19H,3,8H2,1-2H3/b18-11-. The maximum absolute atomic E-state index is 11.1. The number of hydrogen-bond acceptors (Lipinski definition) is 8. The molecule has 0 aliphatic rings. The van der Waals surface area contributed by atoms with E-state index in [0.29, 0.717) is 23.7 Å². The molecule has 0 aliphatic carbocycles. The quantitative estimate of drug-likeness (QED) is 0.402. The molecule has 10 heteroatoms. The van der Waals surface area contributed by atoms with Crippen molar-refractivity contribution >= 4 is 23.3 Å². The number of hydrazone groups is 1. The van der Waals surface area contributed by atoms with Crippen molar-refractivity contribution in [2.24, 2.45) is 5.10 Å². The number of rotatable bonds is 9. The Bertz CT molecular complexity index is 868. The highest BCUT2D eigenvalue weighted by atomic mass is 16.6. The molecule has 0 radical (unpaired) electrons. The van der Waals surface area contributed by atoms with Crippen molar-refractivity contribution in [2.45, 2.75) is 13.3 Å². The molecule has 0 aromatic heterocycles. The van der Waals surface area contributed by atoms with Crippen molar-refractivity contribution in [3.05, 3.63) is 62.2 Å². The van der Waals surface area contributed by atoms with Crippen LogP contribution in [0.5, 0.6) is 11.5 Å². The lowest BCUT2D eigenvalue weighted by atomic mass is 10.2. The Morgan fingerprint density at radius 2 is 1.89 bits per heavy atom. The van der Waals surface area contributed by atoms with Crippen LogP contribution in [0, 0.1) is 20.2 Å². The number of ether oxygens (including phenoxy) is 2. The third kappa shape index (κ3) is 5.14. The molecule has 0 bridgehead atoms. The van der Waals surface area contributed by atoms with Crippen molar-refractivity contribution in [3.63, 3.8) is 0 Å². The first-order chi connectivity index (χ1) is 13.0. The fourth-order valence-corrected chi connectivity index (χ4v) is 2.15. The van der Waals surface area contributed by atoms with Gasteiger partial charge in [-0.1, -0.05) is 6.92 Å². The van der Waals surface area contributed by atoms with Crippen LogP contribution in [0.3, 0.4) is 0 Å². The third-order valence-electron chi connectivity index (χ3n) is 3.44. The molecule has 10 nitrogen and oxygen atoms in total. The lowest BCUT2D eigenvalue weighted by molar-refractivity contribution is -0.393. The van der Waals surface area contributed by atoms with Gasteiger partial charge in [-0.2, -0.15) is 5.10 Å². The maximum Gasteiger partial charge on any atom is 0.301 e. The van der Waals surface area contributed by atoms with Gasteiger partial charge in [-0.3, -0.25) is 25.7 Å². The maximum atomic E-state index is 11.1. The Morgan fingerprint density at radius 1 is 1.11 bits per heavy atom. The van der Waals surface area contributed by atoms with E-state index in [9.17, 15) is 20.2 Å². The highest BCUT2D eigenvalue weighted by Gasteiger charge is 2.19. The van der Waals surface area contributed by atoms with Gasteiger partial charge in [-0.25, -0.2) is 0 Å². The highest BCUT2D eigenvalue weighted by molar-refractivity contribution is 5.82. The van der Waals surface area contributed by atoms with Gasteiger partial charge in [-0.15, -0.1) is 0 Å². The summed E-state index contributed by atoms with van der Waals surface area (Å²) in [5.74, 6) is 1.14. The van der Waals surface area contributed by atoms with E-state index in [0.717, 1.165) is 18.6 Å². The molecule has 27 heavy (non-hydrogen) atoms. The monoisotopic (exact) mass is 374 g/mol. The first-order valence-electron chi connectivity index (χ1n) is 7.99. The average Bonchev–Trinajstić information content (AvgIpc) is 2.66. The van der Waals surface area contributed by atoms with Gasteiger partial charge >= 0.3 is 5.69 Å². The predicted molar refractivity (Wildman–Crippen MR) is 99.7 cm³/mol. The van der Waals surface area contributed by atoms with E-state index in [4.69, 9.17) is 9.47 Å². The van der Waals surface area contributed by atoms with Gasteiger partial charge in [-0.05, 0) is 36.2 Å². The molecule has 0 fully saturated rings. The van der Waals surface area contributed by atoms with Crippen LogP contribution < -0.4 is 14.9 Å². The second-order valence-corrected chi connectivity index (χ2v) is 5.34. The van der Waals surface area contributed by atoms with Crippen LogP contribution in [0.15, 0.2) is 41.5 Å². The second-order valence-electron chi connectivity index (χ2n) is 5.34. The van der Waals surface area contributed by atoms with E-state index in [2.05, 4.69) is 10.5 Å². The van der Waals surface area contributed by atoms with E-state index in [1.54, 1.807) is 18.2 Å². The molecule has 2 aromatic rings. The minimum atomic E-state index is -0.715. The van der Waals surface area contributed by atoms with Crippen LogP contribution in [0.4, 0.5) is 17.1 Å². The summed E-state index contributed by atoms with van der Waals surface area (Å²) < 4.78 is 10.8. The number of anilines is 1. The summed E-state index contributed by atoms with van der Waals surface area (Å²) in [4.78, 5) is 20.4. The van der Waals surface area contributed by atoms with Crippen molar-refractivity contribution < 1.29 is 19.3 Å². The number of non-ortho nitro benzene ring substituents is 1. The topological polar surface area (TPSA) is 129 Å². The number of nitrogens with zero attached hydrogens (tertiary/aromatic N) is 3. The van der Waals surface area contributed by atoms with Crippen molar-refractivity contribution in [1.29, 1.82) is 0 Å². The number of hydrogen-bond donors (Lipinski definition) is 1. The van der Waals surface area contributed by atoms with Gasteiger partial charge in [0.25, 0.3) is 5.69 Å². The number of nitrogens with one attached hydrogen (secondary N) is 1. The van der Waals surface area contributed by atoms with Crippen LogP contribution in [-0.4, -0.2) is 29.8 Å². The summed E-state index contributed by atoms with van der Waals surface area (Å²) in [6, 6.07) is 8.47. The summed E-state index contributed by atoms with van der Waals surface area (Å²) in [6.07, 6.45) is 2.31. The van der Waals surface area contributed by atoms with Crippen LogP contribution in [0.25, 0.3) is 0 Å². The largest absolute Gasteiger partial charge is 0.493 e. The van der Waals surface area contributed by atoms with Crippen LogP contribution in [-0.2, 0) is 0 Å². The molecular formula is C17H18N4O6. The molecular weight excluding hydrogens is 356 g/mol.